The molecule has 0 aliphatic carbocycles. The van der Waals surface area contributed by atoms with Crippen LogP contribution in [-0.2, 0) is 27.3 Å². The van der Waals surface area contributed by atoms with E-state index in [1.165, 1.54) is 0 Å². The van der Waals surface area contributed by atoms with Crippen LogP contribution in [0.4, 0.5) is 5.13 Å². The Morgan fingerprint density at radius 3 is 2.70 bits per heavy atom. The quantitative estimate of drug-likeness (QED) is 0.378. The number of carboxylic acid groups (broad SMARTS) is 1. The van der Waals surface area contributed by atoms with Gasteiger partial charge in [0, 0.05) is 62.5 Å². The van der Waals surface area contributed by atoms with Crippen molar-refractivity contribution in [2.45, 2.75) is 58.3 Å². The number of rotatable bonds is 8. The molecule has 0 spiro atoms. The smallest absolute Gasteiger partial charge is 0.309 e. The number of methoxy groups -OCH3 is 1. The minimum atomic E-state index is -0.814. The van der Waals surface area contributed by atoms with Gasteiger partial charge in [0.25, 0.3) is 5.91 Å². The van der Waals surface area contributed by atoms with Crippen LogP contribution in [0.25, 0.3) is 11.3 Å². The second-order valence-electron chi connectivity index (χ2n) is 11.7. The molecule has 3 aliphatic heterocycles. The number of hydrogen-bond acceptors (Lipinski definition) is 8. The van der Waals surface area contributed by atoms with Crippen molar-refractivity contribution in [3.8, 4) is 17.0 Å². The summed E-state index contributed by atoms with van der Waals surface area (Å²) >= 11 is 1.54. The minimum absolute atomic E-state index is 0.132. The average Bonchev–Trinajstić information content (AvgIpc) is 3.52. The third kappa shape index (κ3) is 6.01. The number of aryl methyl sites for hydroxylation is 1. The normalized spacial score (nSPS) is 21.1. The molecule has 1 aromatic heterocycles. The topological polar surface area (TPSA) is 101 Å². The second-order valence-corrected chi connectivity index (χ2v) is 12.6. The number of piperidine rings is 1. The second kappa shape index (κ2) is 12.6. The summed E-state index contributed by atoms with van der Waals surface area (Å²) in [6, 6.07) is 10.4. The SMILES string of the molecule is CO[C@H]1CN(c2nc(-c3cc(C)ccc3OCc3ccc4c(c3C)CCN(C3CCOCC3)C4=O)cs2)CC[C@H]1C(=O)O. The highest BCUT2D eigenvalue weighted by molar-refractivity contribution is 7.14. The van der Waals surface area contributed by atoms with Crippen molar-refractivity contribution in [1.82, 2.24) is 9.88 Å². The van der Waals surface area contributed by atoms with Gasteiger partial charge in [0.2, 0.25) is 0 Å². The predicted molar refractivity (Wildman–Crippen MR) is 165 cm³/mol. The number of aromatic nitrogens is 1. The van der Waals surface area contributed by atoms with Crippen LogP contribution in [0.1, 0.15) is 51.9 Å². The molecule has 0 saturated carbocycles. The fourth-order valence-electron chi connectivity index (χ4n) is 6.59. The standard InChI is InChI=1S/C33H39N3O6S/c1-20-4-7-29(27(16-20)28-19-43-33(34-28)35-12-8-26(32(38)39)30(17-35)40-3)42-18-22-5-6-25-24(21(22)2)9-13-36(31(25)37)23-10-14-41-15-11-23/h4-7,16,19,23,26,30H,8-15,17-18H2,1-3H3,(H,38,39)/t26-,30+/m1/s1. The third-order valence-corrected chi connectivity index (χ3v) is 10.1. The molecule has 1 amide bonds. The fourth-order valence-corrected chi connectivity index (χ4v) is 7.45. The summed E-state index contributed by atoms with van der Waals surface area (Å²) in [5.41, 5.74) is 6.99. The van der Waals surface area contributed by atoms with E-state index in [9.17, 15) is 14.7 Å². The summed E-state index contributed by atoms with van der Waals surface area (Å²) in [7, 11) is 1.57. The zero-order valence-corrected chi connectivity index (χ0v) is 25.8. The molecule has 2 atom stereocenters. The Hall–Kier alpha value is -3.47. The Morgan fingerprint density at radius 1 is 1.12 bits per heavy atom. The Labute approximate surface area is 256 Å². The number of benzene rings is 2. The van der Waals surface area contributed by atoms with Gasteiger partial charge in [0.05, 0.1) is 17.7 Å². The first-order valence-electron chi connectivity index (χ1n) is 15.0. The van der Waals surface area contributed by atoms with Crippen LogP contribution in [0.5, 0.6) is 5.75 Å². The summed E-state index contributed by atoms with van der Waals surface area (Å²) < 4.78 is 17.4. The number of carboxylic acids is 1. The zero-order valence-electron chi connectivity index (χ0n) is 25.0. The van der Waals surface area contributed by atoms with E-state index in [2.05, 4.69) is 24.8 Å². The van der Waals surface area contributed by atoms with E-state index in [-0.39, 0.29) is 18.1 Å². The molecule has 0 unspecified atom stereocenters. The molecule has 6 rings (SSSR count). The van der Waals surface area contributed by atoms with E-state index in [4.69, 9.17) is 19.2 Å². The lowest BCUT2D eigenvalue weighted by Crippen LogP contribution is -2.47. The molecule has 2 fully saturated rings. The molecule has 43 heavy (non-hydrogen) atoms. The number of carbonyl (C=O) groups is 2. The molecule has 2 saturated heterocycles. The highest BCUT2D eigenvalue weighted by atomic mass is 32.1. The first-order chi connectivity index (χ1) is 20.8. The van der Waals surface area contributed by atoms with Crippen LogP contribution >= 0.6 is 11.3 Å². The van der Waals surface area contributed by atoms with Gasteiger partial charge in [0.15, 0.2) is 5.13 Å². The molecule has 3 aliphatic rings. The Kier molecular flexibility index (Phi) is 8.70. The van der Waals surface area contributed by atoms with Crippen LogP contribution in [-0.4, -0.2) is 79.0 Å². The van der Waals surface area contributed by atoms with E-state index < -0.39 is 11.9 Å². The molecule has 4 heterocycles. The Balaban J connectivity index is 1.18. The fraction of sp³-hybridized carbons (Fsp3) is 0.485. The van der Waals surface area contributed by atoms with Crippen molar-refractivity contribution < 1.29 is 28.9 Å². The van der Waals surface area contributed by atoms with E-state index in [1.807, 2.05) is 34.5 Å². The summed E-state index contributed by atoms with van der Waals surface area (Å²) in [6.45, 7) is 7.84. The van der Waals surface area contributed by atoms with Gasteiger partial charge < -0.3 is 29.1 Å². The van der Waals surface area contributed by atoms with Gasteiger partial charge in [-0.1, -0.05) is 17.7 Å². The van der Waals surface area contributed by atoms with Gasteiger partial charge in [-0.15, -0.1) is 11.3 Å². The van der Waals surface area contributed by atoms with E-state index in [1.54, 1.807) is 18.4 Å². The van der Waals surface area contributed by atoms with Crippen molar-refractivity contribution in [3.05, 3.63) is 63.5 Å². The van der Waals surface area contributed by atoms with Gasteiger partial charge in [-0.2, -0.15) is 0 Å². The number of nitrogens with zero attached hydrogens (tertiary/aromatic N) is 3. The van der Waals surface area contributed by atoms with Gasteiger partial charge in [0.1, 0.15) is 12.4 Å². The average molecular weight is 606 g/mol. The Bertz CT molecular complexity index is 1500. The lowest BCUT2D eigenvalue weighted by Gasteiger charge is -2.38. The van der Waals surface area contributed by atoms with Crippen LogP contribution in [0.15, 0.2) is 35.7 Å². The number of fused-ring (bicyclic) bond motifs is 1. The first kappa shape index (κ1) is 29.6. The van der Waals surface area contributed by atoms with Crippen LogP contribution < -0.4 is 9.64 Å². The predicted octanol–water partition coefficient (Wildman–Crippen LogP) is 5.11. The Morgan fingerprint density at radius 2 is 1.93 bits per heavy atom. The van der Waals surface area contributed by atoms with Crippen LogP contribution in [0.2, 0.25) is 0 Å². The molecular formula is C33H39N3O6S. The number of carbonyl (C=O) groups excluding carboxylic acids is 1. The van der Waals surface area contributed by atoms with Crippen molar-refractivity contribution in [3.63, 3.8) is 0 Å². The molecule has 0 bridgehead atoms. The van der Waals surface area contributed by atoms with Gasteiger partial charge in [-0.3, -0.25) is 9.59 Å². The largest absolute Gasteiger partial charge is 0.488 e. The number of anilines is 1. The van der Waals surface area contributed by atoms with Gasteiger partial charge in [-0.05, 0) is 74.4 Å². The molecular weight excluding hydrogens is 566 g/mol. The number of amides is 1. The van der Waals surface area contributed by atoms with Crippen molar-refractivity contribution in [1.29, 1.82) is 0 Å². The minimum Gasteiger partial charge on any atom is -0.488 e. The van der Waals surface area contributed by atoms with Crippen molar-refractivity contribution in [2.75, 3.05) is 44.9 Å². The third-order valence-electron chi connectivity index (χ3n) is 9.17. The highest BCUT2D eigenvalue weighted by Crippen LogP contribution is 2.37. The summed E-state index contributed by atoms with van der Waals surface area (Å²) in [4.78, 5) is 34.1. The van der Waals surface area contributed by atoms with Crippen molar-refractivity contribution in [2.24, 2.45) is 5.92 Å². The highest BCUT2D eigenvalue weighted by Gasteiger charge is 2.35. The summed E-state index contributed by atoms with van der Waals surface area (Å²) in [6.07, 6.45) is 2.80. The maximum atomic E-state index is 13.4. The molecule has 10 heteroatoms. The lowest BCUT2D eigenvalue weighted by molar-refractivity contribution is -0.147. The molecule has 0 radical (unpaired) electrons. The maximum Gasteiger partial charge on any atom is 0.309 e. The maximum absolute atomic E-state index is 13.4. The van der Waals surface area contributed by atoms with Crippen molar-refractivity contribution >= 4 is 28.3 Å². The lowest BCUT2D eigenvalue weighted by atomic mass is 9.90. The number of aliphatic carboxylic acids is 1. The van der Waals surface area contributed by atoms with E-state index >= 15 is 0 Å². The molecule has 3 aromatic rings. The van der Waals surface area contributed by atoms with E-state index in [0.717, 1.165) is 89.0 Å². The monoisotopic (exact) mass is 605 g/mol. The number of thiazole rings is 1. The summed E-state index contributed by atoms with van der Waals surface area (Å²) in [5, 5.41) is 12.4. The van der Waals surface area contributed by atoms with Gasteiger partial charge >= 0.3 is 5.97 Å². The van der Waals surface area contributed by atoms with E-state index in [0.29, 0.717) is 26.1 Å². The molecule has 9 nitrogen and oxygen atoms in total. The summed E-state index contributed by atoms with van der Waals surface area (Å²) in [5.74, 6) is -0.437. The van der Waals surface area contributed by atoms with Crippen LogP contribution in [0.3, 0.4) is 0 Å². The first-order valence-corrected chi connectivity index (χ1v) is 15.9. The number of ether oxygens (including phenoxy) is 3. The molecule has 2 aromatic carbocycles. The number of hydrogen-bond donors (Lipinski definition) is 1. The zero-order chi connectivity index (χ0) is 30.1. The van der Waals surface area contributed by atoms with Gasteiger partial charge in [-0.25, -0.2) is 4.98 Å². The molecule has 1 N–H and O–H groups in total. The van der Waals surface area contributed by atoms with Crippen LogP contribution in [0, 0.1) is 19.8 Å². The molecule has 228 valence electrons.